The lowest BCUT2D eigenvalue weighted by Gasteiger charge is -2.33. The average molecular weight is 382 g/mol. The van der Waals surface area contributed by atoms with Crippen molar-refractivity contribution in [3.63, 3.8) is 0 Å². The zero-order chi connectivity index (χ0) is 18.0. The molecule has 132 valence electrons. The Labute approximate surface area is 151 Å². The summed E-state index contributed by atoms with van der Waals surface area (Å²) in [7, 11) is -3.29. The van der Waals surface area contributed by atoms with Gasteiger partial charge in [-0.05, 0) is 23.3 Å². The van der Waals surface area contributed by atoms with Gasteiger partial charge in [-0.1, -0.05) is 48.0 Å². The molecular weight excluding hydrogens is 365 g/mol. The molecule has 1 unspecified atom stereocenters. The summed E-state index contributed by atoms with van der Waals surface area (Å²) in [5, 5.41) is -0.753. The Morgan fingerprint density at radius 1 is 1.20 bits per heavy atom. The smallest absolute Gasteiger partial charge is 0.227 e. The third-order valence-electron chi connectivity index (χ3n) is 4.33. The summed E-state index contributed by atoms with van der Waals surface area (Å²) in [5.41, 5.74) is 1.28. The molecule has 1 atom stereocenters. The van der Waals surface area contributed by atoms with Gasteiger partial charge in [0.05, 0.1) is 17.2 Å². The fraction of sp³-hybridized carbons (Fsp3) is 0.278. The highest BCUT2D eigenvalue weighted by Gasteiger charge is 2.35. The van der Waals surface area contributed by atoms with Gasteiger partial charge in [0.2, 0.25) is 5.91 Å². The molecule has 1 aliphatic heterocycles. The Morgan fingerprint density at radius 2 is 1.92 bits per heavy atom. The van der Waals surface area contributed by atoms with E-state index in [0.29, 0.717) is 11.1 Å². The SMILES string of the molecule is O=C(Cc1ccc(F)c(Cl)c1)N1CCS(=O)(=O)C(c2ccccc2)C1. The van der Waals surface area contributed by atoms with Crippen LogP contribution in [-0.4, -0.2) is 38.1 Å². The van der Waals surface area contributed by atoms with Crippen LogP contribution in [0.1, 0.15) is 16.4 Å². The van der Waals surface area contributed by atoms with E-state index < -0.39 is 20.9 Å². The van der Waals surface area contributed by atoms with Gasteiger partial charge < -0.3 is 4.90 Å². The number of halogens is 2. The average Bonchev–Trinajstić information content (AvgIpc) is 2.58. The molecule has 0 saturated carbocycles. The molecule has 1 heterocycles. The van der Waals surface area contributed by atoms with E-state index in [0.717, 1.165) is 0 Å². The number of hydrogen-bond acceptors (Lipinski definition) is 3. The van der Waals surface area contributed by atoms with Crippen LogP contribution in [0.3, 0.4) is 0 Å². The topological polar surface area (TPSA) is 54.5 Å². The van der Waals surface area contributed by atoms with Gasteiger partial charge in [0.15, 0.2) is 9.84 Å². The van der Waals surface area contributed by atoms with Crippen molar-refractivity contribution >= 4 is 27.3 Å². The first kappa shape index (κ1) is 17.9. The second-order valence-corrected chi connectivity index (χ2v) is 8.74. The van der Waals surface area contributed by atoms with Gasteiger partial charge in [0.1, 0.15) is 11.1 Å². The molecule has 1 amide bonds. The predicted octanol–water partition coefficient (Wildman–Crippen LogP) is 3.02. The Bertz CT molecular complexity index is 886. The zero-order valence-electron chi connectivity index (χ0n) is 13.4. The maximum atomic E-state index is 13.2. The maximum Gasteiger partial charge on any atom is 0.227 e. The van der Waals surface area contributed by atoms with Gasteiger partial charge in [0.25, 0.3) is 0 Å². The molecule has 0 radical (unpaired) electrons. The minimum absolute atomic E-state index is 0.0336. The minimum Gasteiger partial charge on any atom is -0.340 e. The molecule has 25 heavy (non-hydrogen) atoms. The Morgan fingerprint density at radius 3 is 2.60 bits per heavy atom. The summed E-state index contributed by atoms with van der Waals surface area (Å²) < 4.78 is 38.0. The van der Waals surface area contributed by atoms with Crippen LogP contribution in [-0.2, 0) is 21.1 Å². The van der Waals surface area contributed by atoms with Crippen molar-refractivity contribution in [2.45, 2.75) is 11.7 Å². The monoisotopic (exact) mass is 381 g/mol. The number of rotatable bonds is 3. The van der Waals surface area contributed by atoms with Crippen LogP contribution >= 0.6 is 11.6 Å². The molecule has 2 aromatic rings. The predicted molar refractivity (Wildman–Crippen MR) is 94.7 cm³/mol. The van der Waals surface area contributed by atoms with Crippen molar-refractivity contribution in [3.8, 4) is 0 Å². The number of carbonyl (C=O) groups excluding carboxylic acids is 1. The van der Waals surface area contributed by atoms with Crippen LogP contribution in [0.15, 0.2) is 48.5 Å². The van der Waals surface area contributed by atoms with Gasteiger partial charge in [-0.3, -0.25) is 4.79 Å². The second kappa shape index (κ2) is 7.14. The van der Waals surface area contributed by atoms with E-state index in [1.807, 2.05) is 6.07 Å². The molecule has 1 saturated heterocycles. The van der Waals surface area contributed by atoms with Gasteiger partial charge in [-0.15, -0.1) is 0 Å². The summed E-state index contributed by atoms with van der Waals surface area (Å²) in [6.45, 7) is 0.291. The summed E-state index contributed by atoms with van der Waals surface area (Å²) in [6.07, 6.45) is 0.0571. The van der Waals surface area contributed by atoms with Crippen molar-refractivity contribution in [2.75, 3.05) is 18.8 Å². The number of carbonyl (C=O) groups is 1. The van der Waals surface area contributed by atoms with Crippen molar-refractivity contribution in [1.29, 1.82) is 0 Å². The molecule has 0 N–H and O–H groups in total. The molecule has 4 nitrogen and oxygen atoms in total. The van der Waals surface area contributed by atoms with Gasteiger partial charge in [-0.25, -0.2) is 12.8 Å². The molecule has 0 aliphatic carbocycles. The highest BCUT2D eigenvalue weighted by molar-refractivity contribution is 7.91. The van der Waals surface area contributed by atoms with Crippen molar-refractivity contribution in [2.24, 2.45) is 0 Å². The van der Waals surface area contributed by atoms with Crippen molar-refractivity contribution < 1.29 is 17.6 Å². The van der Waals surface area contributed by atoms with Crippen LogP contribution in [0, 0.1) is 5.82 Å². The minimum atomic E-state index is -3.29. The number of nitrogens with zero attached hydrogens (tertiary/aromatic N) is 1. The molecule has 1 fully saturated rings. The third kappa shape index (κ3) is 4.02. The largest absolute Gasteiger partial charge is 0.340 e. The molecule has 1 aliphatic rings. The number of sulfone groups is 1. The van der Waals surface area contributed by atoms with Gasteiger partial charge >= 0.3 is 0 Å². The van der Waals surface area contributed by atoms with E-state index in [1.165, 1.54) is 18.2 Å². The van der Waals surface area contributed by atoms with Gasteiger partial charge in [0, 0.05) is 13.1 Å². The van der Waals surface area contributed by atoms with Crippen LogP contribution in [0.25, 0.3) is 0 Å². The fourth-order valence-electron chi connectivity index (χ4n) is 2.93. The molecule has 0 aromatic heterocycles. The van der Waals surface area contributed by atoms with E-state index in [2.05, 4.69) is 0 Å². The Balaban J connectivity index is 1.76. The summed E-state index contributed by atoms with van der Waals surface area (Å²) in [6, 6.07) is 13.1. The number of benzene rings is 2. The van der Waals surface area contributed by atoms with Crippen molar-refractivity contribution in [3.05, 3.63) is 70.5 Å². The maximum absolute atomic E-state index is 13.2. The normalized spacial score (nSPS) is 19.6. The second-order valence-electron chi connectivity index (χ2n) is 6.03. The van der Waals surface area contributed by atoms with Crippen LogP contribution in [0.2, 0.25) is 5.02 Å². The van der Waals surface area contributed by atoms with Crippen LogP contribution in [0.4, 0.5) is 4.39 Å². The molecule has 0 bridgehead atoms. The first-order chi connectivity index (χ1) is 11.9. The van der Waals surface area contributed by atoms with E-state index in [4.69, 9.17) is 11.6 Å². The molecule has 7 heteroatoms. The van der Waals surface area contributed by atoms with Crippen LogP contribution < -0.4 is 0 Å². The van der Waals surface area contributed by atoms with Crippen LogP contribution in [0.5, 0.6) is 0 Å². The third-order valence-corrected chi connectivity index (χ3v) is 6.66. The highest BCUT2D eigenvalue weighted by atomic mass is 35.5. The molecule has 2 aromatic carbocycles. The highest BCUT2D eigenvalue weighted by Crippen LogP contribution is 2.28. The lowest BCUT2D eigenvalue weighted by atomic mass is 10.1. The first-order valence-corrected chi connectivity index (χ1v) is 9.94. The van der Waals surface area contributed by atoms with Crippen molar-refractivity contribution in [1.82, 2.24) is 4.90 Å². The summed E-state index contributed by atoms with van der Waals surface area (Å²) in [5.74, 6) is -0.799. The molecule has 3 rings (SSSR count). The Hall–Kier alpha value is -1.92. The number of amides is 1. The van der Waals surface area contributed by atoms with E-state index in [1.54, 1.807) is 29.2 Å². The van der Waals surface area contributed by atoms with Gasteiger partial charge in [-0.2, -0.15) is 0 Å². The molecular formula is C18H17ClFNO3S. The molecule has 0 spiro atoms. The fourth-order valence-corrected chi connectivity index (χ4v) is 4.87. The van der Waals surface area contributed by atoms with E-state index in [-0.39, 0.29) is 36.2 Å². The summed E-state index contributed by atoms with van der Waals surface area (Å²) in [4.78, 5) is 14.1. The summed E-state index contributed by atoms with van der Waals surface area (Å²) >= 11 is 5.74. The lowest BCUT2D eigenvalue weighted by molar-refractivity contribution is -0.130. The van der Waals surface area contributed by atoms with E-state index in [9.17, 15) is 17.6 Å². The van der Waals surface area contributed by atoms with E-state index >= 15 is 0 Å². The lowest BCUT2D eigenvalue weighted by Crippen LogP contribution is -2.46. The first-order valence-electron chi connectivity index (χ1n) is 7.85. The standard InChI is InChI=1S/C18H17ClFNO3S/c19-15-10-13(6-7-16(15)20)11-18(22)21-8-9-25(23,24)17(12-21)14-4-2-1-3-5-14/h1-7,10,17H,8-9,11-12H2. The quantitative estimate of drug-likeness (QED) is 0.821. The number of hydrogen-bond donors (Lipinski definition) is 0. The Kier molecular flexibility index (Phi) is 5.11. The zero-order valence-corrected chi connectivity index (χ0v) is 14.9.